The van der Waals surface area contributed by atoms with Crippen LogP contribution >= 0.6 is 31.9 Å². The molecule has 0 aromatic heterocycles. The van der Waals surface area contributed by atoms with Crippen LogP contribution in [0.25, 0.3) is 0 Å². The second-order valence-electron chi connectivity index (χ2n) is 4.13. The fourth-order valence-electron chi connectivity index (χ4n) is 1.77. The van der Waals surface area contributed by atoms with E-state index in [0.29, 0.717) is 26.3 Å². The number of aryl methyl sites for hydroxylation is 1. The molecule has 2 rings (SSSR count). The van der Waals surface area contributed by atoms with Gasteiger partial charge in [0.15, 0.2) is 0 Å². The molecule has 1 fully saturated rings. The minimum Gasteiger partial charge on any atom is -0.378 e. The number of urea groups is 1. The lowest BCUT2D eigenvalue weighted by Crippen LogP contribution is -2.43. The maximum absolute atomic E-state index is 12.1. The molecule has 1 aromatic rings. The highest BCUT2D eigenvalue weighted by Crippen LogP contribution is 2.32. The second kappa shape index (κ2) is 6.04. The molecule has 0 unspecified atom stereocenters. The van der Waals surface area contributed by atoms with E-state index in [1.165, 1.54) is 0 Å². The third kappa shape index (κ3) is 3.24. The number of morpholine rings is 1. The lowest BCUT2D eigenvalue weighted by molar-refractivity contribution is 0.0564. The van der Waals surface area contributed by atoms with Gasteiger partial charge in [-0.1, -0.05) is 0 Å². The standard InChI is InChI=1S/C12H14Br2N2O2/c1-8-6-9(13)11(10(14)7-8)15-12(17)16-2-4-18-5-3-16/h6-7H,2-5H2,1H3,(H,15,17). The van der Waals surface area contributed by atoms with Crippen molar-refractivity contribution >= 4 is 43.6 Å². The number of benzene rings is 1. The maximum atomic E-state index is 12.1. The van der Waals surface area contributed by atoms with Crippen molar-refractivity contribution in [2.75, 3.05) is 31.6 Å². The average Bonchev–Trinajstić information content (AvgIpc) is 2.34. The summed E-state index contributed by atoms with van der Waals surface area (Å²) >= 11 is 6.93. The summed E-state index contributed by atoms with van der Waals surface area (Å²) in [6.45, 7) is 4.47. The first-order valence-electron chi connectivity index (χ1n) is 5.67. The zero-order valence-corrected chi connectivity index (χ0v) is 13.2. The predicted molar refractivity (Wildman–Crippen MR) is 78.0 cm³/mol. The summed E-state index contributed by atoms with van der Waals surface area (Å²) in [6, 6.07) is 3.85. The highest BCUT2D eigenvalue weighted by atomic mass is 79.9. The van der Waals surface area contributed by atoms with E-state index >= 15 is 0 Å². The molecule has 0 aliphatic carbocycles. The van der Waals surface area contributed by atoms with E-state index in [0.717, 1.165) is 20.2 Å². The van der Waals surface area contributed by atoms with Gasteiger partial charge in [-0.15, -0.1) is 0 Å². The molecule has 1 saturated heterocycles. The van der Waals surface area contributed by atoms with Crippen LogP contribution in [0.5, 0.6) is 0 Å². The lowest BCUT2D eigenvalue weighted by Gasteiger charge is -2.27. The van der Waals surface area contributed by atoms with Crippen LogP contribution in [0.15, 0.2) is 21.1 Å². The van der Waals surface area contributed by atoms with Gasteiger partial charge in [0.05, 0.1) is 18.9 Å². The van der Waals surface area contributed by atoms with E-state index in [4.69, 9.17) is 4.74 Å². The molecule has 0 bridgehead atoms. The molecule has 4 nitrogen and oxygen atoms in total. The van der Waals surface area contributed by atoms with Crippen LogP contribution in [0, 0.1) is 6.92 Å². The Morgan fingerprint density at radius 3 is 2.39 bits per heavy atom. The van der Waals surface area contributed by atoms with Gasteiger partial charge >= 0.3 is 6.03 Å². The van der Waals surface area contributed by atoms with E-state index < -0.39 is 0 Å². The van der Waals surface area contributed by atoms with Crippen molar-refractivity contribution in [1.29, 1.82) is 0 Å². The number of ether oxygens (including phenoxy) is 1. The van der Waals surface area contributed by atoms with E-state index in [1.807, 2.05) is 19.1 Å². The molecule has 1 aliphatic rings. The number of amides is 2. The quantitative estimate of drug-likeness (QED) is 0.814. The van der Waals surface area contributed by atoms with Crippen molar-refractivity contribution < 1.29 is 9.53 Å². The average molecular weight is 378 g/mol. The van der Waals surface area contributed by atoms with Gasteiger partial charge in [0.2, 0.25) is 0 Å². The van der Waals surface area contributed by atoms with Crippen LogP contribution in [0.4, 0.5) is 10.5 Å². The number of anilines is 1. The van der Waals surface area contributed by atoms with E-state index in [-0.39, 0.29) is 6.03 Å². The Balaban J connectivity index is 2.11. The lowest BCUT2D eigenvalue weighted by atomic mass is 10.2. The second-order valence-corrected chi connectivity index (χ2v) is 5.84. The predicted octanol–water partition coefficient (Wildman–Crippen LogP) is 3.38. The van der Waals surface area contributed by atoms with Crippen LogP contribution < -0.4 is 5.32 Å². The summed E-state index contributed by atoms with van der Waals surface area (Å²) in [4.78, 5) is 13.8. The smallest absolute Gasteiger partial charge is 0.322 e. The van der Waals surface area contributed by atoms with Crippen molar-refractivity contribution in [2.24, 2.45) is 0 Å². The van der Waals surface area contributed by atoms with E-state index in [9.17, 15) is 4.79 Å². The molecule has 98 valence electrons. The van der Waals surface area contributed by atoms with Gasteiger partial charge in [-0.2, -0.15) is 0 Å². The zero-order chi connectivity index (χ0) is 13.1. The van der Waals surface area contributed by atoms with Crippen molar-refractivity contribution in [2.45, 2.75) is 6.92 Å². The summed E-state index contributed by atoms with van der Waals surface area (Å²) in [7, 11) is 0. The van der Waals surface area contributed by atoms with Crippen molar-refractivity contribution in [3.63, 3.8) is 0 Å². The van der Waals surface area contributed by atoms with Crippen LogP contribution in [-0.4, -0.2) is 37.2 Å². The van der Waals surface area contributed by atoms with Crippen molar-refractivity contribution in [3.8, 4) is 0 Å². The van der Waals surface area contributed by atoms with Crippen LogP contribution in [0.3, 0.4) is 0 Å². The fourth-order valence-corrected chi connectivity index (χ4v) is 3.39. The number of carbonyl (C=O) groups excluding carboxylic acids is 1. The number of carbonyl (C=O) groups is 1. The molecule has 0 spiro atoms. The molecule has 2 amide bonds. The summed E-state index contributed by atoms with van der Waals surface area (Å²) in [6.07, 6.45) is 0. The first-order valence-corrected chi connectivity index (χ1v) is 7.26. The summed E-state index contributed by atoms with van der Waals surface area (Å²) in [5, 5.41) is 2.91. The monoisotopic (exact) mass is 376 g/mol. The number of rotatable bonds is 1. The number of nitrogens with zero attached hydrogens (tertiary/aromatic N) is 1. The number of hydrogen-bond donors (Lipinski definition) is 1. The van der Waals surface area contributed by atoms with Gasteiger partial charge in [-0.05, 0) is 56.5 Å². The normalized spacial score (nSPS) is 15.6. The Hall–Kier alpha value is -0.590. The van der Waals surface area contributed by atoms with Crippen LogP contribution in [-0.2, 0) is 4.74 Å². The van der Waals surface area contributed by atoms with E-state index in [1.54, 1.807) is 4.90 Å². The SMILES string of the molecule is Cc1cc(Br)c(NC(=O)N2CCOCC2)c(Br)c1. The highest BCUT2D eigenvalue weighted by Gasteiger charge is 2.18. The Morgan fingerprint density at radius 1 is 1.28 bits per heavy atom. The van der Waals surface area contributed by atoms with Gasteiger partial charge in [0, 0.05) is 22.0 Å². The van der Waals surface area contributed by atoms with Gasteiger partial charge in [-0.3, -0.25) is 0 Å². The molecule has 1 heterocycles. The molecular weight excluding hydrogens is 364 g/mol. The molecule has 1 aliphatic heterocycles. The Bertz CT molecular complexity index is 436. The molecule has 0 radical (unpaired) electrons. The maximum Gasteiger partial charge on any atom is 0.322 e. The third-order valence-electron chi connectivity index (χ3n) is 2.72. The van der Waals surface area contributed by atoms with Crippen LogP contribution in [0.2, 0.25) is 0 Å². The van der Waals surface area contributed by atoms with Gasteiger partial charge < -0.3 is 15.0 Å². The number of hydrogen-bond acceptors (Lipinski definition) is 2. The fraction of sp³-hybridized carbons (Fsp3) is 0.417. The first-order chi connectivity index (χ1) is 8.58. The Morgan fingerprint density at radius 2 is 1.83 bits per heavy atom. The molecule has 1 N–H and O–H groups in total. The highest BCUT2D eigenvalue weighted by molar-refractivity contribution is 9.11. The number of halogens is 2. The van der Waals surface area contributed by atoms with Gasteiger partial charge in [0.25, 0.3) is 0 Å². The van der Waals surface area contributed by atoms with Crippen molar-refractivity contribution in [1.82, 2.24) is 4.90 Å². The molecule has 1 aromatic carbocycles. The number of nitrogens with one attached hydrogen (secondary N) is 1. The summed E-state index contributed by atoms with van der Waals surface area (Å²) < 4.78 is 6.97. The molecular formula is C12H14Br2N2O2. The Kier molecular flexibility index (Phi) is 4.64. The minimum absolute atomic E-state index is 0.0939. The van der Waals surface area contributed by atoms with Gasteiger partial charge in [-0.25, -0.2) is 4.79 Å². The van der Waals surface area contributed by atoms with Crippen LogP contribution in [0.1, 0.15) is 5.56 Å². The zero-order valence-electron chi connectivity index (χ0n) is 10.0. The first kappa shape index (κ1) is 13.8. The third-order valence-corrected chi connectivity index (χ3v) is 3.97. The largest absolute Gasteiger partial charge is 0.378 e. The molecule has 6 heteroatoms. The molecule has 18 heavy (non-hydrogen) atoms. The Labute approximate surface area is 123 Å². The summed E-state index contributed by atoms with van der Waals surface area (Å²) in [5.41, 5.74) is 1.88. The molecule has 0 atom stereocenters. The topological polar surface area (TPSA) is 41.6 Å². The van der Waals surface area contributed by atoms with Crippen molar-refractivity contribution in [3.05, 3.63) is 26.6 Å². The minimum atomic E-state index is -0.0939. The van der Waals surface area contributed by atoms with E-state index in [2.05, 4.69) is 37.2 Å². The molecule has 0 saturated carbocycles. The summed E-state index contributed by atoms with van der Waals surface area (Å²) in [5.74, 6) is 0. The van der Waals surface area contributed by atoms with Gasteiger partial charge in [0.1, 0.15) is 0 Å².